The van der Waals surface area contributed by atoms with Gasteiger partial charge in [0, 0.05) is 0 Å². The molecule has 1 unspecified atom stereocenters. The van der Waals surface area contributed by atoms with Crippen molar-refractivity contribution in [3.63, 3.8) is 0 Å². The Labute approximate surface area is 79.1 Å². The van der Waals surface area contributed by atoms with Crippen molar-refractivity contribution in [2.75, 3.05) is 0 Å². The number of hydrogen-bond acceptors (Lipinski definition) is 2. The van der Waals surface area contributed by atoms with Gasteiger partial charge in [-0.3, -0.25) is 4.79 Å². The summed E-state index contributed by atoms with van der Waals surface area (Å²) in [7, 11) is 0. The maximum atomic E-state index is 10.4. The minimum atomic E-state index is -0.831. The second kappa shape index (κ2) is 6.66. The fraction of sp³-hybridized carbons (Fsp3) is 0.700. The Kier molecular flexibility index (Phi) is 6.24. The number of carboxylic acids is 1. The first-order chi connectivity index (χ1) is 6.06. The van der Waals surface area contributed by atoms with Gasteiger partial charge in [-0.15, -0.1) is 0 Å². The fourth-order valence-electron chi connectivity index (χ4n) is 1.17. The minimum absolute atomic E-state index is 0.0465. The molecule has 0 heterocycles. The van der Waals surface area contributed by atoms with Crippen LogP contribution in [-0.4, -0.2) is 22.3 Å². The second-order valence-electron chi connectivity index (χ2n) is 3.24. The lowest BCUT2D eigenvalue weighted by molar-refractivity contribution is -0.136. The molecule has 0 amide bonds. The van der Waals surface area contributed by atoms with Crippen molar-refractivity contribution in [2.45, 2.75) is 45.6 Å². The predicted molar refractivity (Wildman–Crippen MR) is 51.5 cm³/mol. The van der Waals surface area contributed by atoms with Gasteiger partial charge in [-0.2, -0.15) is 0 Å². The van der Waals surface area contributed by atoms with E-state index in [0.717, 1.165) is 24.8 Å². The third-order valence-corrected chi connectivity index (χ3v) is 1.71. The van der Waals surface area contributed by atoms with Crippen molar-refractivity contribution >= 4 is 5.97 Å². The Morgan fingerprint density at radius 3 is 2.54 bits per heavy atom. The largest absolute Gasteiger partial charge is 0.481 e. The van der Waals surface area contributed by atoms with Gasteiger partial charge in [0.1, 0.15) is 0 Å². The fourth-order valence-corrected chi connectivity index (χ4v) is 1.17. The standard InChI is InChI=1S/C10H18O3/c1-3-4-5-9(6-8(2)11)7-10(12)13/h6,8,11H,3-5,7H2,1-2H3,(H,12,13). The molecular formula is C10H18O3. The first kappa shape index (κ1) is 12.2. The van der Waals surface area contributed by atoms with Gasteiger partial charge in [-0.05, 0) is 19.8 Å². The maximum absolute atomic E-state index is 10.4. The highest BCUT2D eigenvalue weighted by Crippen LogP contribution is 2.12. The molecule has 0 aromatic carbocycles. The van der Waals surface area contributed by atoms with E-state index in [-0.39, 0.29) is 6.42 Å². The molecule has 13 heavy (non-hydrogen) atoms. The van der Waals surface area contributed by atoms with Crippen LogP contribution in [0, 0.1) is 0 Å². The second-order valence-corrected chi connectivity index (χ2v) is 3.24. The van der Waals surface area contributed by atoms with Crippen molar-refractivity contribution in [3.05, 3.63) is 11.6 Å². The SMILES string of the molecule is CCCCC(=CC(C)O)CC(=O)O. The van der Waals surface area contributed by atoms with E-state index in [9.17, 15) is 4.79 Å². The average Bonchev–Trinajstić information content (AvgIpc) is 1.98. The summed E-state index contributed by atoms with van der Waals surface area (Å²) in [5.41, 5.74) is 0.823. The molecule has 0 aliphatic heterocycles. The number of rotatable bonds is 6. The monoisotopic (exact) mass is 186 g/mol. The Balaban J connectivity index is 4.10. The van der Waals surface area contributed by atoms with Crippen LogP contribution in [0.25, 0.3) is 0 Å². The lowest BCUT2D eigenvalue weighted by atomic mass is 10.0. The van der Waals surface area contributed by atoms with Crippen LogP contribution in [0.2, 0.25) is 0 Å². The summed E-state index contributed by atoms with van der Waals surface area (Å²) in [5, 5.41) is 17.6. The summed E-state index contributed by atoms with van der Waals surface area (Å²) in [5.74, 6) is -0.831. The van der Waals surface area contributed by atoms with Gasteiger partial charge in [0.2, 0.25) is 0 Å². The number of aliphatic hydroxyl groups is 1. The summed E-state index contributed by atoms with van der Waals surface area (Å²) in [6.45, 7) is 3.69. The molecule has 0 aliphatic rings. The van der Waals surface area contributed by atoms with E-state index < -0.39 is 12.1 Å². The lowest BCUT2D eigenvalue weighted by Crippen LogP contribution is -2.02. The van der Waals surface area contributed by atoms with Gasteiger partial charge in [-0.1, -0.05) is 25.0 Å². The molecule has 0 bridgehead atoms. The van der Waals surface area contributed by atoms with Crippen molar-refractivity contribution < 1.29 is 15.0 Å². The highest BCUT2D eigenvalue weighted by Gasteiger charge is 2.04. The van der Waals surface area contributed by atoms with E-state index >= 15 is 0 Å². The van der Waals surface area contributed by atoms with Crippen LogP contribution in [0.5, 0.6) is 0 Å². The van der Waals surface area contributed by atoms with Crippen molar-refractivity contribution in [1.29, 1.82) is 0 Å². The molecule has 3 nitrogen and oxygen atoms in total. The number of unbranched alkanes of at least 4 members (excludes halogenated alkanes) is 1. The lowest BCUT2D eigenvalue weighted by Gasteiger charge is -2.05. The Bertz CT molecular complexity index is 183. The van der Waals surface area contributed by atoms with E-state index in [1.807, 2.05) is 0 Å². The van der Waals surface area contributed by atoms with Gasteiger partial charge in [0.25, 0.3) is 0 Å². The third-order valence-electron chi connectivity index (χ3n) is 1.71. The van der Waals surface area contributed by atoms with Gasteiger partial charge in [0.15, 0.2) is 0 Å². The molecule has 0 spiro atoms. The summed E-state index contributed by atoms with van der Waals surface area (Å²) >= 11 is 0. The quantitative estimate of drug-likeness (QED) is 0.623. The summed E-state index contributed by atoms with van der Waals surface area (Å²) in [4.78, 5) is 10.4. The molecule has 76 valence electrons. The number of aliphatic hydroxyl groups excluding tert-OH is 1. The molecule has 0 saturated heterocycles. The first-order valence-corrected chi connectivity index (χ1v) is 4.65. The highest BCUT2D eigenvalue weighted by molar-refractivity contribution is 5.70. The predicted octanol–water partition coefficient (Wildman–Crippen LogP) is 1.96. The maximum Gasteiger partial charge on any atom is 0.307 e. The zero-order valence-electron chi connectivity index (χ0n) is 8.29. The molecule has 3 heteroatoms. The zero-order valence-corrected chi connectivity index (χ0v) is 8.29. The molecule has 0 aromatic rings. The highest BCUT2D eigenvalue weighted by atomic mass is 16.4. The topological polar surface area (TPSA) is 57.5 Å². The first-order valence-electron chi connectivity index (χ1n) is 4.65. The van der Waals surface area contributed by atoms with Gasteiger partial charge < -0.3 is 10.2 Å². The van der Waals surface area contributed by atoms with Gasteiger partial charge >= 0.3 is 5.97 Å². The van der Waals surface area contributed by atoms with E-state index in [1.165, 1.54) is 0 Å². The van der Waals surface area contributed by atoms with Crippen LogP contribution in [0.4, 0.5) is 0 Å². The average molecular weight is 186 g/mol. The molecule has 0 saturated carbocycles. The molecule has 1 atom stereocenters. The van der Waals surface area contributed by atoms with E-state index in [2.05, 4.69) is 6.92 Å². The van der Waals surface area contributed by atoms with E-state index in [1.54, 1.807) is 13.0 Å². The van der Waals surface area contributed by atoms with Crippen LogP contribution in [0.1, 0.15) is 39.5 Å². The van der Waals surface area contributed by atoms with Crippen LogP contribution >= 0.6 is 0 Å². The normalized spacial score (nSPS) is 14.2. The Hall–Kier alpha value is -0.830. The molecule has 0 aromatic heterocycles. The molecule has 0 aliphatic carbocycles. The summed E-state index contributed by atoms with van der Waals surface area (Å²) < 4.78 is 0. The Morgan fingerprint density at radius 2 is 2.15 bits per heavy atom. The van der Waals surface area contributed by atoms with Crippen molar-refractivity contribution in [2.24, 2.45) is 0 Å². The van der Waals surface area contributed by atoms with Crippen LogP contribution in [-0.2, 0) is 4.79 Å². The number of carboxylic acid groups (broad SMARTS) is 1. The molecular weight excluding hydrogens is 168 g/mol. The number of hydrogen-bond donors (Lipinski definition) is 2. The molecule has 0 fully saturated rings. The van der Waals surface area contributed by atoms with E-state index in [0.29, 0.717) is 0 Å². The van der Waals surface area contributed by atoms with Gasteiger partial charge in [0.05, 0.1) is 12.5 Å². The van der Waals surface area contributed by atoms with Gasteiger partial charge in [-0.25, -0.2) is 0 Å². The summed E-state index contributed by atoms with van der Waals surface area (Å²) in [6.07, 6.45) is 3.91. The van der Waals surface area contributed by atoms with Crippen LogP contribution < -0.4 is 0 Å². The smallest absolute Gasteiger partial charge is 0.307 e. The van der Waals surface area contributed by atoms with Crippen molar-refractivity contribution in [1.82, 2.24) is 0 Å². The third kappa shape index (κ3) is 7.53. The van der Waals surface area contributed by atoms with Crippen LogP contribution in [0.3, 0.4) is 0 Å². The summed E-state index contributed by atoms with van der Waals surface area (Å²) in [6, 6.07) is 0. The van der Waals surface area contributed by atoms with Crippen LogP contribution in [0.15, 0.2) is 11.6 Å². The van der Waals surface area contributed by atoms with Crippen molar-refractivity contribution in [3.8, 4) is 0 Å². The number of aliphatic carboxylic acids is 1. The number of carbonyl (C=O) groups is 1. The Morgan fingerprint density at radius 1 is 1.54 bits per heavy atom. The molecule has 2 N–H and O–H groups in total. The zero-order chi connectivity index (χ0) is 10.3. The van der Waals surface area contributed by atoms with E-state index in [4.69, 9.17) is 10.2 Å². The minimum Gasteiger partial charge on any atom is -0.481 e. The molecule has 0 radical (unpaired) electrons. The molecule has 0 rings (SSSR count).